The fraction of sp³-hybridized carbons (Fsp3) is 0.130. The molecule has 2 N–H and O–H groups in total. The van der Waals surface area contributed by atoms with Crippen LogP contribution in [0.15, 0.2) is 66.9 Å². The van der Waals surface area contributed by atoms with Crippen LogP contribution in [0.5, 0.6) is 0 Å². The van der Waals surface area contributed by atoms with Gasteiger partial charge in [-0.05, 0) is 30.7 Å². The van der Waals surface area contributed by atoms with E-state index >= 15 is 0 Å². The Balaban J connectivity index is 1.82. The molecule has 0 aliphatic heterocycles. The van der Waals surface area contributed by atoms with Crippen molar-refractivity contribution in [3.8, 4) is 11.3 Å². The average molecular weight is 435 g/mol. The van der Waals surface area contributed by atoms with Gasteiger partial charge in [0.25, 0.3) is 5.91 Å². The van der Waals surface area contributed by atoms with Crippen LogP contribution in [0, 0.1) is 0 Å². The van der Waals surface area contributed by atoms with Gasteiger partial charge < -0.3 is 10.5 Å². The maximum absolute atomic E-state index is 12.9. The Kier molecular flexibility index (Phi) is 5.68. The number of amides is 1. The molecule has 1 amide bonds. The maximum atomic E-state index is 12.9. The van der Waals surface area contributed by atoms with Gasteiger partial charge in [-0.1, -0.05) is 54.1 Å². The molecular formula is C23H19ClN4O3. The monoisotopic (exact) mass is 434 g/mol. The van der Waals surface area contributed by atoms with Crippen LogP contribution in [0.3, 0.4) is 0 Å². The third-order valence-electron chi connectivity index (χ3n) is 4.83. The second kappa shape index (κ2) is 8.57. The summed E-state index contributed by atoms with van der Waals surface area (Å²) in [6.45, 7) is 1.87. The first kappa shape index (κ1) is 20.6. The number of halogens is 1. The molecule has 2 aromatic carbocycles. The van der Waals surface area contributed by atoms with Crippen LogP contribution in [0.4, 0.5) is 0 Å². The van der Waals surface area contributed by atoms with Gasteiger partial charge in [0, 0.05) is 10.6 Å². The molecule has 2 aromatic heterocycles. The van der Waals surface area contributed by atoms with E-state index in [1.807, 2.05) is 42.5 Å². The first-order valence-electron chi connectivity index (χ1n) is 9.59. The summed E-state index contributed by atoms with van der Waals surface area (Å²) < 4.78 is 6.95. The summed E-state index contributed by atoms with van der Waals surface area (Å²) in [6.07, 6.45) is 0.512. The van der Waals surface area contributed by atoms with Gasteiger partial charge in [0.15, 0.2) is 11.8 Å². The van der Waals surface area contributed by atoms with Gasteiger partial charge in [0.2, 0.25) is 0 Å². The Labute approximate surface area is 183 Å². The van der Waals surface area contributed by atoms with Crippen molar-refractivity contribution < 1.29 is 14.3 Å². The van der Waals surface area contributed by atoms with Gasteiger partial charge in [-0.25, -0.2) is 14.5 Å². The minimum Gasteiger partial charge on any atom is -0.449 e. The van der Waals surface area contributed by atoms with E-state index in [0.29, 0.717) is 28.3 Å². The Hall–Kier alpha value is -3.71. The van der Waals surface area contributed by atoms with Crippen LogP contribution < -0.4 is 5.73 Å². The molecule has 0 radical (unpaired) electrons. The van der Waals surface area contributed by atoms with E-state index in [0.717, 1.165) is 11.1 Å². The fourth-order valence-electron chi connectivity index (χ4n) is 3.13. The Bertz CT molecular complexity index is 1250. The molecule has 7 nitrogen and oxygen atoms in total. The minimum absolute atomic E-state index is 0.263. The molecular weight excluding hydrogens is 416 g/mol. The van der Waals surface area contributed by atoms with Crippen LogP contribution in [0.25, 0.3) is 22.3 Å². The number of hydrogen-bond acceptors (Lipinski definition) is 5. The normalized spacial score (nSPS) is 11.9. The maximum Gasteiger partial charge on any atom is 0.339 e. The summed E-state index contributed by atoms with van der Waals surface area (Å²) in [4.78, 5) is 29.0. The zero-order valence-electron chi connectivity index (χ0n) is 16.7. The summed E-state index contributed by atoms with van der Waals surface area (Å²) >= 11 is 5.98. The van der Waals surface area contributed by atoms with Gasteiger partial charge in [-0.2, -0.15) is 5.10 Å². The number of nitrogens with zero attached hydrogens (tertiary/aromatic N) is 3. The lowest BCUT2D eigenvalue weighted by Crippen LogP contribution is -2.30. The lowest BCUT2D eigenvalue weighted by atomic mass is 10.1. The molecule has 0 saturated heterocycles. The van der Waals surface area contributed by atoms with E-state index in [1.165, 1.54) is 6.92 Å². The van der Waals surface area contributed by atoms with Crippen molar-refractivity contribution in [1.82, 2.24) is 14.8 Å². The topological polar surface area (TPSA) is 100 Å². The molecule has 0 unspecified atom stereocenters. The quantitative estimate of drug-likeness (QED) is 0.465. The number of carbonyl (C=O) groups excluding carboxylic acids is 2. The molecule has 0 aliphatic carbocycles. The number of ether oxygens (including phenoxy) is 1. The molecule has 31 heavy (non-hydrogen) atoms. The standard InChI is InChI=1S/C23H19ClN4O3/c1-14(21(25)29)31-23(30)18-11-20(16-5-3-2-4-6-16)27-22-19(18)12-26-28(22)13-15-7-9-17(24)10-8-15/h2-12,14H,13H2,1H3,(H2,25,29)/t14-/m1/s1. The van der Waals surface area contributed by atoms with Crippen LogP contribution >= 0.6 is 11.6 Å². The molecule has 0 spiro atoms. The minimum atomic E-state index is -1.06. The average Bonchev–Trinajstić information content (AvgIpc) is 3.17. The van der Waals surface area contributed by atoms with E-state index in [4.69, 9.17) is 27.1 Å². The molecule has 0 fully saturated rings. The number of hydrogen-bond donors (Lipinski definition) is 1. The van der Waals surface area contributed by atoms with Gasteiger partial charge >= 0.3 is 5.97 Å². The number of nitrogens with two attached hydrogens (primary N) is 1. The molecule has 2 heterocycles. The zero-order valence-corrected chi connectivity index (χ0v) is 17.4. The molecule has 4 rings (SSSR count). The fourth-order valence-corrected chi connectivity index (χ4v) is 3.26. The SMILES string of the molecule is C[C@@H](OC(=O)c1cc(-c2ccccc2)nc2c1cnn2Cc1ccc(Cl)cc1)C(N)=O. The van der Waals surface area contributed by atoms with Crippen LogP contribution in [0.1, 0.15) is 22.8 Å². The Morgan fingerprint density at radius 1 is 1.13 bits per heavy atom. The smallest absolute Gasteiger partial charge is 0.339 e. The van der Waals surface area contributed by atoms with Gasteiger partial charge in [0.05, 0.1) is 29.4 Å². The first-order valence-corrected chi connectivity index (χ1v) is 9.97. The van der Waals surface area contributed by atoms with E-state index in [-0.39, 0.29) is 5.56 Å². The second-order valence-corrected chi connectivity index (χ2v) is 7.47. The number of rotatable bonds is 6. The predicted molar refractivity (Wildman–Crippen MR) is 118 cm³/mol. The van der Waals surface area contributed by atoms with E-state index in [9.17, 15) is 9.59 Å². The summed E-state index contributed by atoms with van der Waals surface area (Å²) in [5.41, 5.74) is 8.43. The molecule has 4 aromatic rings. The number of primary amides is 1. The van der Waals surface area contributed by atoms with Gasteiger partial charge in [-0.3, -0.25) is 4.79 Å². The summed E-state index contributed by atoms with van der Waals surface area (Å²) in [5, 5.41) is 5.60. The van der Waals surface area contributed by atoms with Crippen molar-refractivity contribution >= 4 is 34.5 Å². The lowest BCUT2D eigenvalue weighted by Gasteiger charge is -2.12. The predicted octanol–water partition coefficient (Wildman–Crippen LogP) is 3.83. The highest BCUT2D eigenvalue weighted by molar-refractivity contribution is 6.30. The van der Waals surface area contributed by atoms with Crippen molar-refractivity contribution in [3.63, 3.8) is 0 Å². The lowest BCUT2D eigenvalue weighted by molar-refractivity contribution is -0.125. The van der Waals surface area contributed by atoms with Crippen molar-refractivity contribution in [2.45, 2.75) is 19.6 Å². The zero-order chi connectivity index (χ0) is 22.0. The van der Waals surface area contributed by atoms with Crippen molar-refractivity contribution in [3.05, 3.63) is 83.0 Å². The largest absolute Gasteiger partial charge is 0.449 e. The Morgan fingerprint density at radius 2 is 1.84 bits per heavy atom. The molecule has 156 valence electrons. The number of fused-ring (bicyclic) bond motifs is 1. The van der Waals surface area contributed by atoms with Crippen LogP contribution in [0.2, 0.25) is 5.02 Å². The van der Waals surface area contributed by atoms with E-state index in [2.05, 4.69) is 5.10 Å². The molecule has 0 aliphatic rings. The summed E-state index contributed by atoms with van der Waals surface area (Å²) in [6, 6.07) is 18.5. The van der Waals surface area contributed by atoms with Crippen LogP contribution in [-0.2, 0) is 16.1 Å². The van der Waals surface area contributed by atoms with E-state index in [1.54, 1.807) is 29.1 Å². The third kappa shape index (κ3) is 4.41. The van der Waals surface area contributed by atoms with Gasteiger partial charge in [-0.15, -0.1) is 0 Å². The third-order valence-corrected chi connectivity index (χ3v) is 5.08. The molecule has 0 saturated carbocycles. The number of carbonyl (C=O) groups is 2. The van der Waals surface area contributed by atoms with Crippen molar-refractivity contribution in [1.29, 1.82) is 0 Å². The Morgan fingerprint density at radius 3 is 2.52 bits per heavy atom. The second-order valence-electron chi connectivity index (χ2n) is 7.04. The highest BCUT2D eigenvalue weighted by Crippen LogP contribution is 2.26. The molecule has 1 atom stereocenters. The number of esters is 1. The number of aromatic nitrogens is 3. The number of pyridine rings is 1. The molecule has 0 bridgehead atoms. The summed E-state index contributed by atoms with van der Waals surface area (Å²) in [5.74, 6) is -1.39. The van der Waals surface area contributed by atoms with Gasteiger partial charge in [0.1, 0.15) is 0 Å². The summed E-state index contributed by atoms with van der Waals surface area (Å²) in [7, 11) is 0. The van der Waals surface area contributed by atoms with Crippen LogP contribution in [-0.4, -0.2) is 32.7 Å². The van der Waals surface area contributed by atoms with E-state index < -0.39 is 18.0 Å². The number of benzene rings is 2. The molecule has 8 heteroatoms. The van der Waals surface area contributed by atoms with Crippen molar-refractivity contribution in [2.24, 2.45) is 5.73 Å². The first-order chi connectivity index (χ1) is 14.9. The van der Waals surface area contributed by atoms with Crippen molar-refractivity contribution in [2.75, 3.05) is 0 Å². The highest BCUT2D eigenvalue weighted by atomic mass is 35.5. The highest BCUT2D eigenvalue weighted by Gasteiger charge is 2.22.